The van der Waals surface area contributed by atoms with E-state index in [0.717, 1.165) is 4.47 Å². The summed E-state index contributed by atoms with van der Waals surface area (Å²) in [6, 6.07) is 6.79. The molecule has 0 aliphatic heterocycles. The molecule has 2 aromatic rings. The summed E-state index contributed by atoms with van der Waals surface area (Å²) in [6.45, 7) is 0. The highest BCUT2D eigenvalue weighted by Crippen LogP contribution is 2.30. The number of nitrogens with two attached hydrogens (primary N) is 1. The molecule has 0 saturated carbocycles. The lowest BCUT2D eigenvalue weighted by Crippen LogP contribution is -2.13. The van der Waals surface area contributed by atoms with Crippen molar-refractivity contribution in [2.24, 2.45) is 5.73 Å². The Morgan fingerprint density at radius 1 is 1.39 bits per heavy atom. The zero-order chi connectivity index (χ0) is 13.1. The van der Waals surface area contributed by atoms with Gasteiger partial charge >= 0.3 is 6.01 Å². The first kappa shape index (κ1) is 12.8. The lowest BCUT2D eigenvalue weighted by atomic mass is 10.3. The summed E-state index contributed by atoms with van der Waals surface area (Å²) in [7, 11) is 0. The number of rotatable bonds is 3. The van der Waals surface area contributed by atoms with Crippen LogP contribution in [0.15, 0.2) is 34.9 Å². The van der Waals surface area contributed by atoms with Gasteiger partial charge in [-0.1, -0.05) is 27.5 Å². The Kier molecular flexibility index (Phi) is 3.78. The maximum absolute atomic E-state index is 7.28. The average molecular weight is 328 g/mol. The van der Waals surface area contributed by atoms with Gasteiger partial charge in [-0.25, -0.2) is 4.98 Å². The van der Waals surface area contributed by atoms with Crippen LogP contribution in [0.25, 0.3) is 0 Å². The lowest BCUT2D eigenvalue weighted by Gasteiger charge is -2.06. The first-order valence-corrected chi connectivity index (χ1v) is 6.03. The minimum Gasteiger partial charge on any atom is -0.423 e. The second kappa shape index (κ2) is 5.32. The van der Waals surface area contributed by atoms with Gasteiger partial charge in [0.2, 0.25) is 0 Å². The smallest absolute Gasteiger partial charge is 0.322 e. The molecule has 0 atom stereocenters. The largest absolute Gasteiger partial charge is 0.423 e. The number of nitrogens with zero attached hydrogens (tertiary/aromatic N) is 2. The minimum absolute atomic E-state index is 0.0897. The van der Waals surface area contributed by atoms with Crippen molar-refractivity contribution in [3.05, 3.63) is 45.7 Å². The predicted octanol–water partition coefficient (Wildman–Crippen LogP) is 2.97. The molecule has 0 radical (unpaired) electrons. The SMILES string of the molecule is N=C(N)c1ccnc(Oc2ccc(Br)cc2Cl)n1. The van der Waals surface area contributed by atoms with Gasteiger partial charge in [0.15, 0.2) is 0 Å². The zero-order valence-electron chi connectivity index (χ0n) is 9.02. The van der Waals surface area contributed by atoms with Crippen LogP contribution in [0.5, 0.6) is 11.8 Å². The van der Waals surface area contributed by atoms with E-state index >= 15 is 0 Å². The Hall–Kier alpha value is -1.66. The van der Waals surface area contributed by atoms with E-state index in [-0.39, 0.29) is 11.8 Å². The molecule has 0 saturated heterocycles. The van der Waals surface area contributed by atoms with Gasteiger partial charge in [0.05, 0.1) is 5.02 Å². The molecule has 0 aliphatic rings. The highest BCUT2D eigenvalue weighted by atomic mass is 79.9. The van der Waals surface area contributed by atoms with Crippen LogP contribution in [0.4, 0.5) is 0 Å². The molecular formula is C11H8BrClN4O. The van der Waals surface area contributed by atoms with E-state index in [1.54, 1.807) is 18.2 Å². The molecule has 92 valence electrons. The van der Waals surface area contributed by atoms with E-state index in [1.807, 2.05) is 0 Å². The first-order valence-electron chi connectivity index (χ1n) is 4.86. The molecule has 1 aromatic heterocycles. The Morgan fingerprint density at radius 2 is 2.17 bits per heavy atom. The maximum Gasteiger partial charge on any atom is 0.322 e. The van der Waals surface area contributed by atoms with Gasteiger partial charge in [-0.2, -0.15) is 4.98 Å². The summed E-state index contributed by atoms with van der Waals surface area (Å²) in [5.74, 6) is 0.282. The average Bonchev–Trinajstić information content (AvgIpc) is 2.33. The van der Waals surface area contributed by atoms with Crippen molar-refractivity contribution in [3.63, 3.8) is 0 Å². The number of nitrogen functional groups attached to an aromatic ring is 1. The van der Waals surface area contributed by atoms with Gasteiger partial charge < -0.3 is 10.5 Å². The Labute approximate surface area is 117 Å². The standard InChI is InChI=1S/C11H8BrClN4O/c12-6-1-2-9(7(13)5-6)18-11-16-4-3-8(17-11)10(14)15/h1-5H,(H3,14,15). The van der Waals surface area contributed by atoms with Crippen molar-refractivity contribution in [1.29, 1.82) is 5.41 Å². The van der Waals surface area contributed by atoms with Gasteiger partial charge in [-0.05, 0) is 24.3 Å². The normalized spacial score (nSPS) is 10.1. The van der Waals surface area contributed by atoms with Crippen LogP contribution in [-0.4, -0.2) is 15.8 Å². The number of halogens is 2. The summed E-state index contributed by atoms with van der Waals surface area (Å²) < 4.78 is 6.27. The number of hydrogen-bond acceptors (Lipinski definition) is 4. The summed E-state index contributed by atoms with van der Waals surface area (Å²) in [6.07, 6.45) is 1.46. The molecule has 1 aromatic carbocycles. The molecule has 0 fully saturated rings. The van der Waals surface area contributed by atoms with Crippen molar-refractivity contribution >= 4 is 33.4 Å². The third kappa shape index (κ3) is 2.96. The second-order valence-corrected chi connectivity index (χ2v) is 4.64. The van der Waals surface area contributed by atoms with E-state index in [9.17, 15) is 0 Å². The van der Waals surface area contributed by atoms with E-state index < -0.39 is 0 Å². The number of aromatic nitrogens is 2. The predicted molar refractivity (Wildman–Crippen MR) is 72.3 cm³/mol. The van der Waals surface area contributed by atoms with Gasteiger partial charge in [0.1, 0.15) is 17.3 Å². The van der Waals surface area contributed by atoms with Crippen molar-refractivity contribution in [2.45, 2.75) is 0 Å². The number of amidine groups is 1. The minimum atomic E-state index is -0.149. The monoisotopic (exact) mass is 326 g/mol. The van der Waals surface area contributed by atoms with E-state index in [1.165, 1.54) is 12.3 Å². The summed E-state index contributed by atoms with van der Waals surface area (Å²) >= 11 is 9.30. The highest BCUT2D eigenvalue weighted by Gasteiger charge is 2.07. The Morgan fingerprint density at radius 3 is 2.83 bits per heavy atom. The number of hydrogen-bond donors (Lipinski definition) is 2. The third-order valence-corrected chi connectivity index (χ3v) is 2.79. The van der Waals surface area contributed by atoms with Crippen molar-refractivity contribution in [3.8, 4) is 11.8 Å². The van der Waals surface area contributed by atoms with Crippen molar-refractivity contribution < 1.29 is 4.74 Å². The van der Waals surface area contributed by atoms with Crippen LogP contribution >= 0.6 is 27.5 Å². The molecule has 2 rings (SSSR count). The first-order chi connectivity index (χ1) is 8.56. The molecule has 7 heteroatoms. The fourth-order valence-corrected chi connectivity index (χ4v) is 1.91. The molecule has 18 heavy (non-hydrogen) atoms. The molecular weight excluding hydrogens is 320 g/mol. The zero-order valence-corrected chi connectivity index (χ0v) is 11.4. The molecule has 3 N–H and O–H groups in total. The summed E-state index contributed by atoms with van der Waals surface area (Å²) in [5, 5.41) is 7.71. The lowest BCUT2D eigenvalue weighted by molar-refractivity contribution is 0.441. The van der Waals surface area contributed by atoms with Crippen molar-refractivity contribution in [2.75, 3.05) is 0 Å². The van der Waals surface area contributed by atoms with E-state index in [2.05, 4.69) is 25.9 Å². The van der Waals surface area contributed by atoms with Crippen LogP contribution in [0.2, 0.25) is 5.02 Å². The second-order valence-electron chi connectivity index (χ2n) is 3.31. The Balaban J connectivity index is 2.28. The summed E-state index contributed by atoms with van der Waals surface area (Å²) in [4.78, 5) is 7.90. The molecule has 5 nitrogen and oxygen atoms in total. The molecule has 0 spiro atoms. The van der Waals surface area contributed by atoms with Crippen molar-refractivity contribution in [1.82, 2.24) is 9.97 Å². The van der Waals surface area contributed by atoms with E-state index in [4.69, 9.17) is 27.5 Å². The van der Waals surface area contributed by atoms with Gasteiger partial charge in [0, 0.05) is 10.7 Å². The quantitative estimate of drug-likeness (QED) is 0.670. The fraction of sp³-hybridized carbons (Fsp3) is 0. The van der Waals surface area contributed by atoms with E-state index in [0.29, 0.717) is 16.5 Å². The fourth-order valence-electron chi connectivity index (χ4n) is 1.20. The molecule has 1 heterocycles. The van der Waals surface area contributed by atoms with Crippen LogP contribution in [0.1, 0.15) is 5.69 Å². The number of benzene rings is 1. The molecule has 0 bridgehead atoms. The highest BCUT2D eigenvalue weighted by molar-refractivity contribution is 9.10. The summed E-state index contributed by atoms with van der Waals surface area (Å²) in [5.41, 5.74) is 5.63. The van der Waals surface area contributed by atoms with Crippen LogP contribution in [0.3, 0.4) is 0 Å². The van der Waals surface area contributed by atoms with Gasteiger partial charge in [-0.3, -0.25) is 5.41 Å². The molecule has 0 amide bonds. The van der Waals surface area contributed by atoms with Crippen LogP contribution in [-0.2, 0) is 0 Å². The van der Waals surface area contributed by atoms with Crippen LogP contribution < -0.4 is 10.5 Å². The Bertz CT molecular complexity index is 605. The van der Waals surface area contributed by atoms with Crippen LogP contribution in [0, 0.1) is 5.41 Å². The molecule has 0 aliphatic carbocycles. The van der Waals surface area contributed by atoms with Gasteiger partial charge in [-0.15, -0.1) is 0 Å². The van der Waals surface area contributed by atoms with Gasteiger partial charge in [0.25, 0.3) is 0 Å². The third-order valence-electron chi connectivity index (χ3n) is 2.00. The number of nitrogens with one attached hydrogen (secondary N) is 1. The maximum atomic E-state index is 7.28. The number of ether oxygens (including phenoxy) is 1. The topological polar surface area (TPSA) is 84.9 Å². The molecule has 0 unspecified atom stereocenters.